The first-order chi connectivity index (χ1) is 7.09. The molecular formula is C8H4F3N4. The zero-order valence-electron chi connectivity index (χ0n) is 7.23. The van der Waals surface area contributed by atoms with E-state index in [-0.39, 0.29) is 16.1 Å². The second-order valence-corrected chi connectivity index (χ2v) is 2.66. The van der Waals surface area contributed by atoms with Gasteiger partial charge in [-0.05, 0) is 16.5 Å². The number of alkyl halides is 3. The summed E-state index contributed by atoms with van der Waals surface area (Å²) in [4.78, 5) is 0. The number of tetrazole rings is 1. The van der Waals surface area contributed by atoms with Crippen molar-refractivity contribution in [3.8, 4) is 11.4 Å². The Morgan fingerprint density at radius 3 is 2.67 bits per heavy atom. The maximum atomic E-state index is 12.4. The molecular weight excluding hydrogens is 209 g/mol. The number of hydrogen-bond donors (Lipinski definition) is 0. The largest absolute Gasteiger partial charge is 0.507 e. The molecule has 0 saturated carbocycles. The molecule has 0 bridgehead atoms. The lowest BCUT2D eigenvalue weighted by molar-refractivity contribution is -0.211. The van der Waals surface area contributed by atoms with Crippen molar-refractivity contribution in [2.24, 2.45) is 0 Å². The normalized spacial score (nSPS) is 11.7. The van der Waals surface area contributed by atoms with E-state index in [0.717, 1.165) is 0 Å². The Morgan fingerprint density at radius 2 is 2.07 bits per heavy atom. The Morgan fingerprint density at radius 1 is 1.27 bits per heavy atom. The van der Waals surface area contributed by atoms with Gasteiger partial charge >= 0.3 is 6.30 Å². The molecule has 2 aromatic rings. The summed E-state index contributed by atoms with van der Waals surface area (Å²) in [6, 6.07) is 8.79. The van der Waals surface area contributed by atoms with Gasteiger partial charge in [0.25, 0.3) is 0 Å². The van der Waals surface area contributed by atoms with E-state index in [2.05, 4.69) is 21.6 Å². The van der Waals surface area contributed by atoms with Crippen LogP contribution in [0.2, 0.25) is 0 Å². The molecule has 0 fully saturated rings. The number of halogens is 3. The molecule has 77 valence electrons. The van der Waals surface area contributed by atoms with Crippen molar-refractivity contribution in [2.45, 2.75) is 6.30 Å². The van der Waals surface area contributed by atoms with Crippen molar-refractivity contribution in [3.63, 3.8) is 0 Å². The third-order valence-electron chi connectivity index (χ3n) is 1.66. The van der Waals surface area contributed by atoms with Gasteiger partial charge in [-0.3, -0.25) is 0 Å². The SMILES string of the molecule is FC(F)(F)n1nnnc1-c1[c]cccc1. The lowest BCUT2D eigenvalue weighted by Crippen LogP contribution is -2.19. The molecule has 0 aliphatic heterocycles. The number of hydrogen-bond acceptors (Lipinski definition) is 3. The minimum absolute atomic E-state index is 0.194. The van der Waals surface area contributed by atoms with Gasteiger partial charge in [-0.15, -0.1) is 23.0 Å². The molecule has 0 unspecified atom stereocenters. The zero-order chi connectivity index (χ0) is 10.9. The van der Waals surface area contributed by atoms with E-state index < -0.39 is 6.30 Å². The van der Waals surface area contributed by atoms with Crippen LogP contribution < -0.4 is 0 Å². The highest BCUT2D eigenvalue weighted by Gasteiger charge is 2.35. The Labute approximate surface area is 82.3 Å². The van der Waals surface area contributed by atoms with Crippen LogP contribution in [0, 0.1) is 6.07 Å². The molecule has 1 aromatic heterocycles. The monoisotopic (exact) mass is 213 g/mol. The summed E-state index contributed by atoms with van der Waals surface area (Å²) >= 11 is 0. The molecule has 0 aliphatic carbocycles. The van der Waals surface area contributed by atoms with Crippen LogP contribution >= 0.6 is 0 Å². The number of aromatic nitrogens is 4. The van der Waals surface area contributed by atoms with E-state index in [4.69, 9.17) is 0 Å². The van der Waals surface area contributed by atoms with E-state index in [1.165, 1.54) is 12.1 Å². The van der Waals surface area contributed by atoms with Crippen LogP contribution in [0.25, 0.3) is 11.4 Å². The van der Waals surface area contributed by atoms with Crippen molar-refractivity contribution in [1.82, 2.24) is 20.2 Å². The summed E-state index contributed by atoms with van der Waals surface area (Å²) in [6.07, 6.45) is -4.62. The molecule has 0 N–H and O–H groups in total. The van der Waals surface area contributed by atoms with Crippen molar-refractivity contribution in [3.05, 3.63) is 30.3 Å². The lowest BCUT2D eigenvalue weighted by atomic mass is 10.2. The van der Waals surface area contributed by atoms with E-state index in [1.807, 2.05) is 0 Å². The summed E-state index contributed by atoms with van der Waals surface area (Å²) in [7, 11) is 0. The maximum absolute atomic E-state index is 12.4. The Kier molecular flexibility index (Phi) is 2.14. The van der Waals surface area contributed by atoms with Gasteiger partial charge in [-0.25, -0.2) is 0 Å². The molecule has 0 atom stereocenters. The summed E-state index contributed by atoms with van der Waals surface area (Å²) in [5.74, 6) is -0.372. The Hall–Kier alpha value is -1.92. The third-order valence-corrected chi connectivity index (χ3v) is 1.66. The van der Waals surface area contributed by atoms with Gasteiger partial charge in [0, 0.05) is 5.56 Å². The van der Waals surface area contributed by atoms with Crippen molar-refractivity contribution < 1.29 is 13.2 Å². The number of benzene rings is 1. The van der Waals surface area contributed by atoms with Gasteiger partial charge in [0.05, 0.1) is 0 Å². The Bertz CT molecular complexity index is 448. The smallest absolute Gasteiger partial charge is 0.149 e. The highest BCUT2D eigenvalue weighted by molar-refractivity contribution is 5.53. The van der Waals surface area contributed by atoms with Gasteiger partial charge in [-0.1, -0.05) is 24.3 Å². The molecule has 0 spiro atoms. The first kappa shape index (κ1) is 9.63. The van der Waals surface area contributed by atoms with Crippen LogP contribution in [0.1, 0.15) is 0 Å². The minimum Gasteiger partial charge on any atom is -0.149 e. The molecule has 0 amide bonds. The van der Waals surface area contributed by atoms with Gasteiger partial charge in [-0.2, -0.15) is 0 Å². The minimum atomic E-state index is -4.62. The summed E-state index contributed by atoms with van der Waals surface area (Å²) in [5, 5.41) is 9.17. The van der Waals surface area contributed by atoms with E-state index in [1.54, 1.807) is 12.1 Å². The molecule has 2 rings (SSSR count). The van der Waals surface area contributed by atoms with Crippen LogP contribution in [-0.4, -0.2) is 20.2 Å². The highest BCUT2D eigenvalue weighted by atomic mass is 19.4. The summed E-state index contributed by atoms with van der Waals surface area (Å²) in [6.45, 7) is 0. The predicted octanol–water partition coefficient (Wildman–Crippen LogP) is 1.62. The average Bonchev–Trinajstić information content (AvgIpc) is 2.67. The molecule has 1 aromatic carbocycles. The zero-order valence-corrected chi connectivity index (χ0v) is 7.23. The van der Waals surface area contributed by atoms with Crippen molar-refractivity contribution in [1.29, 1.82) is 0 Å². The molecule has 15 heavy (non-hydrogen) atoms. The standard InChI is InChI=1S/C8H4F3N4/c9-8(10,11)15-7(12-13-14-15)6-4-2-1-3-5-6/h1-4H. The van der Waals surface area contributed by atoms with E-state index in [0.29, 0.717) is 0 Å². The second-order valence-electron chi connectivity index (χ2n) is 2.66. The Balaban J connectivity index is 2.51. The first-order valence-corrected chi connectivity index (χ1v) is 3.92. The fourth-order valence-electron chi connectivity index (χ4n) is 1.06. The quantitative estimate of drug-likeness (QED) is 0.722. The molecule has 0 aliphatic rings. The van der Waals surface area contributed by atoms with Crippen LogP contribution in [0.4, 0.5) is 13.2 Å². The topological polar surface area (TPSA) is 43.6 Å². The van der Waals surface area contributed by atoms with Gasteiger partial charge in [0.1, 0.15) is 0 Å². The van der Waals surface area contributed by atoms with Crippen molar-refractivity contribution in [2.75, 3.05) is 0 Å². The van der Waals surface area contributed by atoms with Gasteiger partial charge in [0.2, 0.25) is 0 Å². The van der Waals surface area contributed by atoms with E-state index >= 15 is 0 Å². The van der Waals surface area contributed by atoms with E-state index in [9.17, 15) is 13.2 Å². The fourth-order valence-corrected chi connectivity index (χ4v) is 1.06. The third kappa shape index (κ3) is 1.80. The lowest BCUT2D eigenvalue weighted by Gasteiger charge is -2.06. The average molecular weight is 213 g/mol. The van der Waals surface area contributed by atoms with Crippen molar-refractivity contribution >= 4 is 0 Å². The van der Waals surface area contributed by atoms with Crippen LogP contribution in [0.3, 0.4) is 0 Å². The molecule has 0 saturated heterocycles. The molecule has 1 heterocycles. The fraction of sp³-hybridized carbons (Fsp3) is 0.125. The van der Waals surface area contributed by atoms with Crippen LogP contribution in [0.5, 0.6) is 0 Å². The van der Waals surface area contributed by atoms with Crippen LogP contribution in [-0.2, 0) is 6.30 Å². The maximum Gasteiger partial charge on any atom is 0.507 e. The summed E-state index contributed by atoms with van der Waals surface area (Å²) in [5.41, 5.74) is 0.194. The van der Waals surface area contributed by atoms with Crippen LogP contribution in [0.15, 0.2) is 24.3 Å². The van der Waals surface area contributed by atoms with Gasteiger partial charge in [0.15, 0.2) is 5.82 Å². The highest BCUT2D eigenvalue weighted by Crippen LogP contribution is 2.26. The summed E-state index contributed by atoms with van der Waals surface area (Å²) < 4.78 is 36.9. The van der Waals surface area contributed by atoms with Gasteiger partial charge < -0.3 is 0 Å². The molecule has 7 heteroatoms. The predicted molar refractivity (Wildman–Crippen MR) is 43.4 cm³/mol. The second kappa shape index (κ2) is 3.34. The molecule has 1 radical (unpaired) electrons. The number of rotatable bonds is 1. The number of nitrogens with zero attached hydrogens (tertiary/aromatic N) is 4. The first-order valence-electron chi connectivity index (χ1n) is 3.92. The molecule has 4 nitrogen and oxygen atoms in total.